The number of aromatic nitrogens is 1. The average Bonchev–Trinajstić information content (AvgIpc) is 3.39. The SMILES string of the molecule is CN1CCC(N(Cc2cccnc2)C(=O)c2ccc([C@H]3CCCN3)s2)CC1. The second-order valence-electron chi connectivity index (χ2n) is 7.68. The van der Waals surface area contributed by atoms with Crippen molar-refractivity contribution < 1.29 is 4.79 Å². The van der Waals surface area contributed by atoms with Gasteiger partial charge in [0.2, 0.25) is 0 Å². The molecule has 0 unspecified atom stereocenters. The molecule has 0 radical (unpaired) electrons. The topological polar surface area (TPSA) is 48.5 Å². The zero-order chi connectivity index (χ0) is 18.6. The number of piperidine rings is 1. The third kappa shape index (κ3) is 4.39. The van der Waals surface area contributed by atoms with Crippen LogP contribution in [0.2, 0.25) is 0 Å². The van der Waals surface area contributed by atoms with E-state index in [2.05, 4.69) is 39.3 Å². The zero-order valence-electron chi connectivity index (χ0n) is 15.9. The van der Waals surface area contributed by atoms with Crippen LogP contribution in [-0.2, 0) is 6.54 Å². The zero-order valence-corrected chi connectivity index (χ0v) is 16.8. The van der Waals surface area contributed by atoms with Gasteiger partial charge in [-0.25, -0.2) is 0 Å². The van der Waals surface area contributed by atoms with Crippen LogP contribution in [0.25, 0.3) is 0 Å². The summed E-state index contributed by atoms with van der Waals surface area (Å²) in [6.07, 6.45) is 8.11. The van der Waals surface area contributed by atoms with Crippen molar-refractivity contribution in [3.05, 3.63) is 52.0 Å². The van der Waals surface area contributed by atoms with E-state index < -0.39 is 0 Å². The van der Waals surface area contributed by atoms with Crippen LogP contribution < -0.4 is 5.32 Å². The minimum absolute atomic E-state index is 0.169. The van der Waals surface area contributed by atoms with Crippen LogP contribution in [0.15, 0.2) is 36.7 Å². The number of nitrogens with zero attached hydrogens (tertiary/aromatic N) is 3. The van der Waals surface area contributed by atoms with Gasteiger partial charge < -0.3 is 15.1 Å². The van der Waals surface area contributed by atoms with Crippen LogP contribution in [0.3, 0.4) is 0 Å². The number of carbonyl (C=O) groups is 1. The van der Waals surface area contributed by atoms with Crippen molar-refractivity contribution in [2.24, 2.45) is 0 Å². The van der Waals surface area contributed by atoms with Crippen LogP contribution in [0, 0.1) is 0 Å². The molecule has 4 heterocycles. The van der Waals surface area contributed by atoms with E-state index in [4.69, 9.17) is 0 Å². The van der Waals surface area contributed by atoms with E-state index in [0.29, 0.717) is 18.6 Å². The minimum Gasteiger partial charge on any atom is -0.330 e. The minimum atomic E-state index is 0.169. The molecule has 0 bridgehead atoms. The molecule has 0 aromatic carbocycles. The number of amides is 1. The van der Waals surface area contributed by atoms with Gasteiger partial charge in [-0.15, -0.1) is 11.3 Å². The monoisotopic (exact) mass is 384 g/mol. The molecule has 2 aliphatic heterocycles. The molecule has 2 saturated heterocycles. The highest BCUT2D eigenvalue weighted by Crippen LogP contribution is 2.31. The van der Waals surface area contributed by atoms with Crippen molar-refractivity contribution >= 4 is 17.2 Å². The first-order valence-corrected chi connectivity index (χ1v) is 10.7. The maximum Gasteiger partial charge on any atom is 0.264 e. The summed E-state index contributed by atoms with van der Waals surface area (Å²) in [5.74, 6) is 0.169. The third-order valence-corrected chi connectivity index (χ3v) is 6.89. The predicted molar refractivity (Wildman–Crippen MR) is 109 cm³/mol. The van der Waals surface area contributed by atoms with Crippen LogP contribution in [0.5, 0.6) is 0 Å². The summed E-state index contributed by atoms with van der Waals surface area (Å²) in [6, 6.07) is 8.88. The van der Waals surface area contributed by atoms with E-state index in [0.717, 1.165) is 42.9 Å². The molecule has 2 aromatic rings. The number of thiophene rings is 1. The number of pyridine rings is 1. The molecule has 2 fully saturated rings. The number of hydrogen-bond donors (Lipinski definition) is 1. The van der Waals surface area contributed by atoms with E-state index in [1.165, 1.54) is 17.7 Å². The molecule has 0 saturated carbocycles. The van der Waals surface area contributed by atoms with Crippen molar-refractivity contribution in [3.8, 4) is 0 Å². The van der Waals surface area contributed by atoms with Gasteiger partial charge in [-0.1, -0.05) is 6.07 Å². The van der Waals surface area contributed by atoms with E-state index in [9.17, 15) is 4.79 Å². The average molecular weight is 385 g/mol. The van der Waals surface area contributed by atoms with E-state index in [1.54, 1.807) is 17.5 Å². The predicted octanol–water partition coefficient (Wildman–Crippen LogP) is 3.30. The van der Waals surface area contributed by atoms with Gasteiger partial charge in [0, 0.05) is 35.9 Å². The van der Waals surface area contributed by atoms with Gasteiger partial charge in [0.15, 0.2) is 0 Å². The Labute approximate surface area is 165 Å². The second kappa shape index (κ2) is 8.50. The standard InChI is InChI=1S/C21H28N4OS/c1-24-12-8-17(9-13-24)25(15-16-4-2-10-22-14-16)21(26)20-7-6-19(27-20)18-5-3-11-23-18/h2,4,6-7,10,14,17-18,23H,3,5,8-9,11-13,15H2,1H3/t18-/m1/s1. The molecule has 0 aliphatic carbocycles. The van der Waals surface area contributed by atoms with E-state index >= 15 is 0 Å². The molecule has 0 spiro atoms. The van der Waals surface area contributed by atoms with Crippen LogP contribution in [0.4, 0.5) is 0 Å². The highest BCUT2D eigenvalue weighted by molar-refractivity contribution is 7.14. The van der Waals surface area contributed by atoms with Crippen molar-refractivity contribution in [2.75, 3.05) is 26.7 Å². The van der Waals surface area contributed by atoms with Crippen molar-refractivity contribution in [1.29, 1.82) is 0 Å². The summed E-state index contributed by atoms with van der Waals surface area (Å²) in [6.45, 7) is 3.80. The van der Waals surface area contributed by atoms with Crippen molar-refractivity contribution in [1.82, 2.24) is 20.1 Å². The molecule has 2 aliphatic rings. The molecule has 5 nitrogen and oxygen atoms in total. The smallest absolute Gasteiger partial charge is 0.264 e. The molecule has 4 rings (SSSR count). The summed E-state index contributed by atoms with van der Waals surface area (Å²) >= 11 is 1.66. The van der Waals surface area contributed by atoms with E-state index in [-0.39, 0.29) is 5.91 Å². The van der Waals surface area contributed by atoms with Crippen molar-refractivity contribution in [3.63, 3.8) is 0 Å². The van der Waals surface area contributed by atoms with Gasteiger partial charge in [0.25, 0.3) is 5.91 Å². The lowest BCUT2D eigenvalue weighted by Crippen LogP contribution is -2.46. The summed E-state index contributed by atoms with van der Waals surface area (Å²) in [7, 11) is 2.16. The first kappa shape index (κ1) is 18.6. The summed E-state index contributed by atoms with van der Waals surface area (Å²) < 4.78 is 0. The Hall–Kier alpha value is -1.76. The lowest BCUT2D eigenvalue weighted by molar-refractivity contribution is 0.0574. The van der Waals surface area contributed by atoms with Gasteiger partial charge in [-0.2, -0.15) is 0 Å². The Kier molecular flexibility index (Phi) is 5.86. The van der Waals surface area contributed by atoms with Crippen LogP contribution in [-0.4, -0.2) is 53.4 Å². The lowest BCUT2D eigenvalue weighted by Gasteiger charge is -2.37. The maximum absolute atomic E-state index is 13.4. The Morgan fingerprint density at radius 1 is 1.30 bits per heavy atom. The highest BCUT2D eigenvalue weighted by Gasteiger charge is 2.29. The number of nitrogens with one attached hydrogen (secondary N) is 1. The number of rotatable bonds is 5. The first-order valence-electron chi connectivity index (χ1n) is 9.92. The fourth-order valence-electron chi connectivity index (χ4n) is 4.09. The normalized spacial score (nSPS) is 21.4. The second-order valence-corrected chi connectivity index (χ2v) is 8.80. The quantitative estimate of drug-likeness (QED) is 0.859. The molecule has 144 valence electrons. The largest absolute Gasteiger partial charge is 0.330 e. The number of carbonyl (C=O) groups excluding carboxylic acids is 1. The fourth-order valence-corrected chi connectivity index (χ4v) is 5.16. The van der Waals surface area contributed by atoms with Crippen LogP contribution >= 0.6 is 11.3 Å². The molecule has 2 aromatic heterocycles. The molecule has 27 heavy (non-hydrogen) atoms. The Morgan fingerprint density at radius 3 is 2.85 bits per heavy atom. The van der Waals surface area contributed by atoms with Gasteiger partial charge in [0.05, 0.1) is 4.88 Å². The number of likely N-dealkylation sites (tertiary alicyclic amines) is 1. The maximum atomic E-state index is 13.4. The first-order chi connectivity index (χ1) is 13.2. The van der Waals surface area contributed by atoms with Gasteiger partial charge in [-0.3, -0.25) is 9.78 Å². The molecule has 1 atom stereocenters. The summed E-state index contributed by atoms with van der Waals surface area (Å²) in [5, 5.41) is 3.53. The molecule has 1 N–H and O–H groups in total. The van der Waals surface area contributed by atoms with Gasteiger partial charge in [0.1, 0.15) is 0 Å². The number of hydrogen-bond acceptors (Lipinski definition) is 5. The van der Waals surface area contributed by atoms with Crippen LogP contribution in [0.1, 0.15) is 51.8 Å². The van der Waals surface area contributed by atoms with Gasteiger partial charge in [-0.05, 0) is 76.1 Å². The molecule has 6 heteroatoms. The van der Waals surface area contributed by atoms with Crippen molar-refractivity contribution in [2.45, 2.75) is 44.3 Å². The fraction of sp³-hybridized carbons (Fsp3) is 0.524. The molecular weight excluding hydrogens is 356 g/mol. The highest BCUT2D eigenvalue weighted by atomic mass is 32.1. The molecular formula is C21H28N4OS. The third-order valence-electron chi connectivity index (χ3n) is 5.71. The summed E-state index contributed by atoms with van der Waals surface area (Å²) in [5.41, 5.74) is 1.10. The Morgan fingerprint density at radius 2 is 2.15 bits per heavy atom. The Bertz CT molecular complexity index is 749. The lowest BCUT2D eigenvalue weighted by atomic mass is 10.0. The Balaban J connectivity index is 1.54. The van der Waals surface area contributed by atoms with E-state index in [1.807, 2.05) is 18.3 Å². The van der Waals surface area contributed by atoms with Gasteiger partial charge >= 0.3 is 0 Å². The molecule has 1 amide bonds. The summed E-state index contributed by atoms with van der Waals surface area (Å²) in [4.78, 5) is 24.3.